The summed E-state index contributed by atoms with van der Waals surface area (Å²) >= 11 is 0. The van der Waals surface area contributed by atoms with Gasteiger partial charge in [-0.1, -0.05) is 37.3 Å². The van der Waals surface area contributed by atoms with Gasteiger partial charge in [0.05, 0.1) is 5.75 Å². The highest BCUT2D eigenvalue weighted by Crippen LogP contribution is 2.20. The average Bonchev–Trinajstić information content (AvgIpc) is 2.60. The van der Waals surface area contributed by atoms with Gasteiger partial charge in [-0.05, 0) is 37.7 Å². The van der Waals surface area contributed by atoms with E-state index in [0.29, 0.717) is 38.9 Å². The number of carbonyl (C=O) groups excluding carboxylic acids is 1. The number of amides is 1. The molecule has 0 spiro atoms. The van der Waals surface area contributed by atoms with Crippen LogP contribution in [0.1, 0.15) is 38.2 Å². The first-order chi connectivity index (χ1) is 11.5. The average molecular weight is 353 g/mol. The smallest absolute Gasteiger partial charge is 0.223 e. The van der Waals surface area contributed by atoms with Crippen LogP contribution >= 0.6 is 0 Å². The number of hydrogen-bond acceptors (Lipinski definition) is 3. The van der Waals surface area contributed by atoms with Crippen LogP contribution in [0.5, 0.6) is 0 Å². The third kappa shape index (κ3) is 5.60. The Hall–Kier alpha value is -1.40. The predicted octanol–water partition coefficient (Wildman–Crippen LogP) is 2.19. The molecule has 1 aromatic carbocycles. The van der Waals surface area contributed by atoms with Crippen molar-refractivity contribution >= 4 is 15.9 Å². The summed E-state index contributed by atoms with van der Waals surface area (Å²) in [5, 5.41) is 2.90. The second-order valence-corrected chi connectivity index (χ2v) is 8.46. The van der Waals surface area contributed by atoms with Crippen LogP contribution in [0.3, 0.4) is 0 Å². The molecule has 0 atom stereocenters. The third-order valence-electron chi connectivity index (χ3n) is 4.48. The molecule has 1 amide bonds. The summed E-state index contributed by atoms with van der Waals surface area (Å²) < 4.78 is 26.5. The van der Waals surface area contributed by atoms with E-state index in [1.54, 1.807) is 4.31 Å². The van der Waals surface area contributed by atoms with Crippen LogP contribution in [0, 0.1) is 5.92 Å². The minimum atomic E-state index is -3.22. The first-order valence-electron chi connectivity index (χ1n) is 8.82. The molecular weight excluding hydrogens is 324 g/mol. The van der Waals surface area contributed by atoms with Crippen LogP contribution in [0.25, 0.3) is 0 Å². The lowest BCUT2D eigenvalue weighted by molar-refractivity contribution is -0.126. The number of benzene rings is 1. The summed E-state index contributed by atoms with van der Waals surface area (Å²) in [7, 11) is -3.22. The van der Waals surface area contributed by atoms with Crippen molar-refractivity contribution in [1.29, 1.82) is 0 Å². The Balaban J connectivity index is 1.76. The number of hydrogen-bond donors (Lipinski definition) is 1. The zero-order valence-electron chi connectivity index (χ0n) is 14.4. The molecule has 0 radical (unpaired) electrons. The van der Waals surface area contributed by atoms with Crippen LogP contribution in [0.4, 0.5) is 0 Å². The number of piperidine rings is 1. The summed E-state index contributed by atoms with van der Waals surface area (Å²) in [5.41, 5.74) is 1.17. The van der Waals surface area contributed by atoms with E-state index in [2.05, 4.69) is 5.32 Å². The van der Waals surface area contributed by atoms with Gasteiger partial charge in [0.1, 0.15) is 0 Å². The number of aryl methyl sites for hydroxylation is 1. The minimum absolute atomic E-state index is 0.0488. The van der Waals surface area contributed by atoms with Gasteiger partial charge in [0.15, 0.2) is 0 Å². The maximum absolute atomic E-state index is 12.4. The fourth-order valence-electron chi connectivity index (χ4n) is 3.02. The Bertz CT molecular complexity index is 608. The quantitative estimate of drug-likeness (QED) is 0.780. The van der Waals surface area contributed by atoms with E-state index in [0.717, 1.165) is 12.8 Å². The Morgan fingerprint density at radius 2 is 1.88 bits per heavy atom. The van der Waals surface area contributed by atoms with Gasteiger partial charge in [0.25, 0.3) is 0 Å². The highest BCUT2D eigenvalue weighted by molar-refractivity contribution is 7.89. The normalized spacial score (nSPS) is 16.9. The first-order valence-corrected chi connectivity index (χ1v) is 10.4. The standard InChI is InChI=1S/C18H28N2O3S/c1-2-12-19-18(21)17-10-13-20(14-11-17)24(22,23)15-6-9-16-7-4-3-5-8-16/h3-5,7-8,17H,2,6,9-15H2,1H3,(H,19,21). The second-order valence-electron chi connectivity index (χ2n) is 6.37. The molecule has 0 saturated carbocycles. The molecule has 1 aliphatic rings. The number of nitrogens with one attached hydrogen (secondary N) is 1. The third-order valence-corrected chi connectivity index (χ3v) is 6.43. The van der Waals surface area contributed by atoms with Crippen molar-refractivity contribution in [3.05, 3.63) is 35.9 Å². The van der Waals surface area contributed by atoms with Gasteiger partial charge in [0, 0.05) is 25.6 Å². The Labute approximate surface area is 145 Å². The van der Waals surface area contributed by atoms with Crippen LogP contribution in [0.2, 0.25) is 0 Å². The first kappa shape index (κ1) is 18.9. The van der Waals surface area contributed by atoms with Crippen molar-refractivity contribution in [2.45, 2.75) is 39.0 Å². The summed E-state index contributed by atoms with van der Waals surface area (Å²) in [6.45, 7) is 3.62. The van der Waals surface area contributed by atoms with Gasteiger partial charge in [-0.2, -0.15) is 0 Å². The summed E-state index contributed by atoms with van der Waals surface area (Å²) in [6.07, 6.45) is 3.56. The van der Waals surface area contributed by atoms with Crippen molar-refractivity contribution in [3.63, 3.8) is 0 Å². The van der Waals surface area contributed by atoms with Gasteiger partial charge in [-0.25, -0.2) is 12.7 Å². The van der Waals surface area contributed by atoms with E-state index in [1.165, 1.54) is 5.56 Å². The minimum Gasteiger partial charge on any atom is -0.356 e. The second kappa shape index (κ2) is 9.18. The van der Waals surface area contributed by atoms with E-state index in [1.807, 2.05) is 37.3 Å². The molecule has 0 bridgehead atoms. The SMILES string of the molecule is CCCNC(=O)C1CCN(S(=O)(=O)CCCc2ccccc2)CC1. The summed E-state index contributed by atoms with van der Waals surface area (Å²) in [4.78, 5) is 12.0. The number of sulfonamides is 1. The topological polar surface area (TPSA) is 66.5 Å². The number of nitrogens with zero attached hydrogens (tertiary/aromatic N) is 1. The molecule has 0 unspecified atom stereocenters. The van der Waals surface area contributed by atoms with Crippen molar-refractivity contribution in [2.24, 2.45) is 5.92 Å². The van der Waals surface area contributed by atoms with Gasteiger partial charge in [0.2, 0.25) is 15.9 Å². The molecule has 1 fully saturated rings. The fraction of sp³-hybridized carbons (Fsp3) is 0.611. The van der Waals surface area contributed by atoms with Crippen LogP contribution in [0.15, 0.2) is 30.3 Å². The van der Waals surface area contributed by atoms with Crippen molar-refractivity contribution in [1.82, 2.24) is 9.62 Å². The van der Waals surface area contributed by atoms with Crippen molar-refractivity contribution in [2.75, 3.05) is 25.4 Å². The molecule has 2 rings (SSSR count). The fourth-order valence-corrected chi connectivity index (χ4v) is 4.56. The van der Waals surface area contributed by atoms with E-state index >= 15 is 0 Å². The summed E-state index contributed by atoms with van der Waals surface area (Å²) in [5.74, 6) is 0.194. The van der Waals surface area contributed by atoms with Gasteiger partial charge in [-0.3, -0.25) is 4.79 Å². The van der Waals surface area contributed by atoms with E-state index in [9.17, 15) is 13.2 Å². The van der Waals surface area contributed by atoms with Crippen molar-refractivity contribution in [3.8, 4) is 0 Å². The summed E-state index contributed by atoms with van der Waals surface area (Å²) in [6, 6.07) is 9.94. The van der Waals surface area contributed by atoms with Crippen LogP contribution < -0.4 is 5.32 Å². The molecule has 0 aromatic heterocycles. The van der Waals surface area contributed by atoms with Gasteiger partial charge >= 0.3 is 0 Å². The zero-order chi connectivity index (χ0) is 17.4. The molecule has 1 aliphatic heterocycles. The molecule has 0 aliphatic carbocycles. The molecule has 134 valence electrons. The van der Waals surface area contributed by atoms with E-state index in [4.69, 9.17) is 0 Å². The maximum atomic E-state index is 12.4. The molecule has 5 nitrogen and oxygen atoms in total. The molecule has 6 heteroatoms. The predicted molar refractivity (Wildman–Crippen MR) is 96.1 cm³/mol. The molecule has 24 heavy (non-hydrogen) atoms. The van der Waals surface area contributed by atoms with Gasteiger partial charge < -0.3 is 5.32 Å². The lowest BCUT2D eigenvalue weighted by atomic mass is 9.97. The Morgan fingerprint density at radius 3 is 2.50 bits per heavy atom. The van der Waals surface area contributed by atoms with Gasteiger partial charge in [-0.15, -0.1) is 0 Å². The Kier molecular flexibility index (Phi) is 7.24. The van der Waals surface area contributed by atoms with E-state index in [-0.39, 0.29) is 17.6 Å². The highest BCUT2D eigenvalue weighted by atomic mass is 32.2. The maximum Gasteiger partial charge on any atom is 0.223 e. The lowest BCUT2D eigenvalue weighted by Crippen LogP contribution is -2.43. The number of carbonyl (C=O) groups is 1. The zero-order valence-corrected chi connectivity index (χ0v) is 15.2. The van der Waals surface area contributed by atoms with Crippen LogP contribution in [-0.2, 0) is 21.2 Å². The monoisotopic (exact) mass is 352 g/mol. The molecule has 1 heterocycles. The molecular formula is C18H28N2O3S. The molecule has 1 N–H and O–H groups in total. The largest absolute Gasteiger partial charge is 0.356 e. The molecule has 1 saturated heterocycles. The molecule has 1 aromatic rings. The Morgan fingerprint density at radius 1 is 1.21 bits per heavy atom. The number of rotatable bonds is 8. The lowest BCUT2D eigenvalue weighted by Gasteiger charge is -2.30. The van der Waals surface area contributed by atoms with E-state index < -0.39 is 10.0 Å². The highest BCUT2D eigenvalue weighted by Gasteiger charge is 2.30. The van der Waals surface area contributed by atoms with Crippen molar-refractivity contribution < 1.29 is 13.2 Å². The van der Waals surface area contributed by atoms with Crippen LogP contribution in [-0.4, -0.2) is 44.0 Å².